The number of Topliss-reactive ketones (excluding diaryl/α,β-unsaturated/α-hetero) is 3. The zero-order chi connectivity index (χ0) is 66.7. The summed E-state index contributed by atoms with van der Waals surface area (Å²) >= 11 is 0. The van der Waals surface area contributed by atoms with E-state index in [4.69, 9.17) is 40.8 Å². The lowest BCUT2D eigenvalue weighted by atomic mass is 9.93. The molecule has 0 saturated heterocycles. The molecule has 31 nitrogen and oxygen atoms in total. The van der Waals surface area contributed by atoms with Gasteiger partial charge in [-0.2, -0.15) is 0 Å². The number of amides is 8. The normalized spacial score (nSPS) is 12.8. The van der Waals surface area contributed by atoms with Gasteiger partial charge in [-0.1, -0.05) is 6.42 Å². The Morgan fingerprint density at radius 1 is 0.472 bits per heavy atom. The van der Waals surface area contributed by atoms with E-state index >= 15 is 0 Å². The third-order valence-corrected chi connectivity index (χ3v) is 13.2. The minimum Gasteiger partial charge on any atom is -0.411 e. The lowest BCUT2D eigenvalue weighted by Gasteiger charge is -2.29. The minimum absolute atomic E-state index is 0.00342. The Balaban J connectivity index is 4.60. The van der Waals surface area contributed by atoms with Gasteiger partial charge in [-0.05, 0) is 106 Å². The van der Waals surface area contributed by atoms with Crippen molar-refractivity contribution in [1.82, 2.24) is 53.2 Å². The van der Waals surface area contributed by atoms with Crippen LogP contribution in [0.15, 0.2) is 10.3 Å². The summed E-state index contributed by atoms with van der Waals surface area (Å²) in [6.45, 7) is 12.9. The van der Waals surface area contributed by atoms with Gasteiger partial charge in [-0.15, -0.1) is 10.3 Å². The number of oxime groups is 2. The fourth-order valence-corrected chi connectivity index (χ4v) is 8.26. The van der Waals surface area contributed by atoms with Crippen LogP contribution in [0.3, 0.4) is 0 Å². The van der Waals surface area contributed by atoms with Crippen LogP contribution in [0.2, 0.25) is 0 Å². The second-order valence-corrected chi connectivity index (χ2v) is 22.7. The SMILES string of the molecule is CC(=O)CN[C@@H](CCCCNC(=O)COCCOCCNC(=O)COCCOCCNC(=O)CCCC(=O)NCCCC[C@H](CC(=O)CCCC(=O)NC(CNC(C)(C)/C=N/O)CNC(C)(C)/C=N/O)C(=O)NCCCC[C@H](NCC(C)=O)C(N)=O)C(N)=O. The Labute approximate surface area is 523 Å². The highest BCUT2D eigenvalue weighted by molar-refractivity contribution is 5.87. The van der Waals surface area contributed by atoms with Crippen molar-refractivity contribution < 1.29 is 82.1 Å². The number of primary amides is 2. The van der Waals surface area contributed by atoms with E-state index in [-0.39, 0.29) is 190 Å². The number of hydrogen-bond donors (Lipinski definition) is 14. The summed E-state index contributed by atoms with van der Waals surface area (Å²) in [6, 6.07) is -1.75. The number of nitrogens with two attached hydrogens (primary N) is 2. The average Bonchev–Trinajstić information content (AvgIpc) is 3.63. The van der Waals surface area contributed by atoms with Crippen molar-refractivity contribution >= 4 is 77.0 Å². The predicted molar refractivity (Wildman–Crippen MR) is 331 cm³/mol. The van der Waals surface area contributed by atoms with Crippen molar-refractivity contribution in [2.45, 2.75) is 173 Å². The molecular weight excluding hydrogens is 1160 g/mol. The summed E-state index contributed by atoms with van der Waals surface area (Å²) in [5.41, 5.74) is 9.43. The van der Waals surface area contributed by atoms with Gasteiger partial charge in [-0.3, -0.25) is 63.4 Å². The molecule has 0 saturated carbocycles. The maximum atomic E-state index is 13.5. The molecule has 0 aromatic carbocycles. The summed E-state index contributed by atoms with van der Waals surface area (Å²) < 4.78 is 21.5. The van der Waals surface area contributed by atoms with Crippen LogP contribution >= 0.6 is 0 Å². The van der Waals surface area contributed by atoms with Gasteiger partial charge in [0.25, 0.3) is 0 Å². The van der Waals surface area contributed by atoms with Crippen LogP contribution in [0.25, 0.3) is 0 Å². The first kappa shape index (κ1) is 82.4. The molecule has 0 unspecified atom stereocenters. The topological polar surface area (TPSA) is 462 Å². The smallest absolute Gasteiger partial charge is 0.246 e. The number of nitrogens with zero attached hydrogens (tertiary/aromatic N) is 2. The van der Waals surface area contributed by atoms with Crippen LogP contribution in [0.1, 0.15) is 144 Å². The molecule has 31 heteroatoms. The van der Waals surface area contributed by atoms with E-state index in [1.165, 1.54) is 26.3 Å². The number of unbranched alkanes of at least 4 members (excludes halogenated alkanes) is 3. The quantitative estimate of drug-likeness (QED) is 0.0139. The molecule has 0 fully saturated rings. The molecule has 0 bridgehead atoms. The second-order valence-electron chi connectivity index (χ2n) is 22.7. The first-order chi connectivity index (χ1) is 42.3. The van der Waals surface area contributed by atoms with Gasteiger partial charge in [-0.25, -0.2) is 0 Å². The standard InChI is InChI=1S/C58H106N14O17/c1-42(73)34-66-47(54(59)81)17-8-11-23-62-52(79)38-88-31-30-87-28-26-64-53(80)39-89-32-29-86-27-25-63-50(77)20-14-19-49(76)61-22-10-7-15-44(56(83)65-24-12-9-18-48(55(60)82)67-35-43(2)74)33-46(75)16-13-21-51(78)72-45(36-68-57(3,4)40-70-84)37-69-58(5,6)41-71-85/h40-41,44-45,47-48,66-69,84-85H,7-39H2,1-6H3,(H2,59,81)(H2,60,82)(H,61,76)(H,62,79)(H,63,77)(H,64,80)(H,65,83)(H,72,78)/b70-40+,71-41+/t44-,47+,48+/m1/s1. The highest BCUT2D eigenvalue weighted by atomic mass is 16.5. The Morgan fingerprint density at radius 2 is 0.865 bits per heavy atom. The second kappa shape index (κ2) is 51.2. The molecule has 0 heterocycles. The number of carbonyl (C=O) groups excluding carboxylic acids is 11. The van der Waals surface area contributed by atoms with Crippen LogP contribution in [0, 0.1) is 5.92 Å². The van der Waals surface area contributed by atoms with E-state index in [1.54, 1.807) is 27.7 Å². The zero-order valence-corrected chi connectivity index (χ0v) is 53.4. The Hall–Kier alpha value is -6.61. The fourth-order valence-electron chi connectivity index (χ4n) is 8.26. The molecule has 0 aromatic heterocycles. The molecule has 510 valence electrons. The van der Waals surface area contributed by atoms with E-state index < -0.39 is 46.9 Å². The molecule has 0 radical (unpaired) electrons. The lowest BCUT2D eigenvalue weighted by molar-refractivity contribution is -0.130. The summed E-state index contributed by atoms with van der Waals surface area (Å²) in [4.78, 5) is 135. The number of carbonyl (C=O) groups is 11. The highest BCUT2D eigenvalue weighted by Crippen LogP contribution is 2.17. The van der Waals surface area contributed by atoms with Gasteiger partial charge in [0.2, 0.25) is 47.3 Å². The fraction of sp³-hybridized carbons (Fsp3) is 0.776. The number of nitrogens with one attached hydrogen (secondary N) is 10. The van der Waals surface area contributed by atoms with Gasteiger partial charge in [0.15, 0.2) is 0 Å². The molecule has 0 aromatic rings. The van der Waals surface area contributed by atoms with E-state index in [0.717, 1.165) is 0 Å². The Bertz CT molecular complexity index is 2140. The molecule has 0 aliphatic rings. The number of ketones is 3. The van der Waals surface area contributed by atoms with E-state index in [1.807, 2.05) is 0 Å². The number of hydrogen-bond acceptors (Lipinski definition) is 23. The van der Waals surface area contributed by atoms with Crippen LogP contribution in [-0.4, -0.2) is 228 Å². The molecule has 16 N–H and O–H groups in total. The lowest BCUT2D eigenvalue weighted by Crippen LogP contribution is -2.55. The first-order valence-corrected chi connectivity index (χ1v) is 30.7. The molecule has 0 rings (SSSR count). The Kier molecular flexibility index (Phi) is 47.4. The van der Waals surface area contributed by atoms with Gasteiger partial charge >= 0.3 is 0 Å². The van der Waals surface area contributed by atoms with Crippen LogP contribution < -0.4 is 64.6 Å². The van der Waals surface area contributed by atoms with Crippen LogP contribution in [0.4, 0.5) is 0 Å². The molecular formula is C58H106N14O17. The van der Waals surface area contributed by atoms with Crippen LogP contribution in [0.5, 0.6) is 0 Å². The third-order valence-electron chi connectivity index (χ3n) is 13.2. The average molecular weight is 1270 g/mol. The summed E-state index contributed by atoms with van der Waals surface area (Å²) in [7, 11) is 0. The van der Waals surface area contributed by atoms with E-state index in [2.05, 4.69) is 63.5 Å². The van der Waals surface area contributed by atoms with Crippen molar-refractivity contribution in [2.75, 3.05) is 112 Å². The van der Waals surface area contributed by atoms with Gasteiger partial charge in [0.1, 0.15) is 30.6 Å². The monoisotopic (exact) mass is 1270 g/mol. The van der Waals surface area contributed by atoms with Gasteiger partial charge in [0.05, 0.1) is 94.4 Å². The van der Waals surface area contributed by atoms with Gasteiger partial charge < -0.3 is 83.4 Å². The van der Waals surface area contributed by atoms with Crippen molar-refractivity contribution in [1.29, 1.82) is 0 Å². The molecule has 3 atom stereocenters. The van der Waals surface area contributed by atoms with Crippen LogP contribution in [-0.2, 0) is 71.7 Å². The molecule has 8 amide bonds. The zero-order valence-electron chi connectivity index (χ0n) is 53.4. The van der Waals surface area contributed by atoms with Crippen molar-refractivity contribution in [3.05, 3.63) is 0 Å². The molecule has 0 aliphatic carbocycles. The summed E-state index contributed by atoms with van der Waals surface area (Å²) in [6.07, 6.45) is 7.88. The largest absolute Gasteiger partial charge is 0.411 e. The number of rotatable bonds is 59. The van der Waals surface area contributed by atoms with E-state index in [0.29, 0.717) is 77.3 Å². The van der Waals surface area contributed by atoms with E-state index in [9.17, 15) is 52.7 Å². The number of ether oxygens (including phenoxy) is 4. The summed E-state index contributed by atoms with van der Waals surface area (Å²) in [5, 5.41) is 53.1. The summed E-state index contributed by atoms with van der Waals surface area (Å²) in [5.74, 6) is -4.01. The van der Waals surface area contributed by atoms with Crippen molar-refractivity contribution in [3.8, 4) is 0 Å². The first-order valence-electron chi connectivity index (χ1n) is 30.7. The molecule has 0 spiro atoms. The van der Waals surface area contributed by atoms with Crippen molar-refractivity contribution in [2.24, 2.45) is 27.7 Å². The highest BCUT2D eigenvalue weighted by Gasteiger charge is 2.25. The van der Waals surface area contributed by atoms with Crippen molar-refractivity contribution in [3.63, 3.8) is 0 Å². The maximum Gasteiger partial charge on any atom is 0.246 e. The predicted octanol–water partition coefficient (Wildman–Crippen LogP) is -1.73. The Morgan fingerprint density at radius 3 is 1.31 bits per heavy atom. The molecule has 89 heavy (non-hydrogen) atoms. The maximum absolute atomic E-state index is 13.5. The third kappa shape index (κ3) is 49.9. The minimum atomic E-state index is -0.698. The van der Waals surface area contributed by atoms with Gasteiger partial charge in [0, 0.05) is 83.8 Å². The molecule has 0 aliphatic heterocycles.